The minimum absolute atomic E-state index is 0.157. The van der Waals surface area contributed by atoms with Crippen LogP contribution in [0.15, 0.2) is 22.7 Å². The SMILES string of the molecule is O=c1c(I)c(Cl)ncn1C/C=C/Cl. The molecule has 0 amide bonds. The second-order valence-corrected chi connectivity index (χ2v) is 3.86. The van der Waals surface area contributed by atoms with Crippen LogP contribution in [0.3, 0.4) is 0 Å². The molecule has 1 aromatic heterocycles. The van der Waals surface area contributed by atoms with E-state index in [1.165, 1.54) is 16.4 Å². The Morgan fingerprint density at radius 1 is 1.69 bits per heavy atom. The molecule has 1 heterocycles. The van der Waals surface area contributed by atoms with Crippen LogP contribution in [0.2, 0.25) is 5.15 Å². The third-order valence-corrected chi connectivity index (χ3v) is 3.09. The molecule has 0 radical (unpaired) electrons. The molecule has 1 rings (SSSR count). The van der Waals surface area contributed by atoms with Gasteiger partial charge in [-0.2, -0.15) is 0 Å². The van der Waals surface area contributed by atoms with Gasteiger partial charge in [0.05, 0.1) is 6.33 Å². The van der Waals surface area contributed by atoms with E-state index in [2.05, 4.69) is 4.98 Å². The third kappa shape index (κ3) is 2.69. The molecular weight excluding hydrogens is 326 g/mol. The van der Waals surface area contributed by atoms with Crippen molar-refractivity contribution < 1.29 is 0 Å². The highest BCUT2D eigenvalue weighted by atomic mass is 127. The smallest absolute Gasteiger partial charge is 0.268 e. The predicted molar refractivity (Wildman–Crippen MR) is 61.2 cm³/mol. The molecule has 70 valence electrons. The maximum atomic E-state index is 11.4. The predicted octanol–water partition coefficient (Wildman–Crippen LogP) is 2.25. The first-order valence-corrected chi connectivity index (χ1v) is 5.21. The number of aromatic nitrogens is 2. The van der Waals surface area contributed by atoms with E-state index < -0.39 is 0 Å². The summed E-state index contributed by atoms with van der Waals surface area (Å²) in [6.07, 6.45) is 3.04. The van der Waals surface area contributed by atoms with Crippen LogP contribution in [0, 0.1) is 3.57 Å². The Morgan fingerprint density at radius 3 is 3.00 bits per heavy atom. The summed E-state index contributed by atoms with van der Waals surface area (Å²) < 4.78 is 1.84. The van der Waals surface area contributed by atoms with E-state index >= 15 is 0 Å². The Hall–Kier alpha value is -0.0700. The fourth-order valence-corrected chi connectivity index (χ4v) is 1.38. The van der Waals surface area contributed by atoms with Crippen molar-refractivity contribution in [2.45, 2.75) is 6.54 Å². The van der Waals surface area contributed by atoms with Gasteiger partial charge in [0.25, 0.3) is 5.56 Å². The van der Waals surface area contributed by atoms with Gasteiger partial charge in [-0.05, 0) is 22.6 Å². The number of halogens is 3. The first kappa shape index (κ1) is 11.0. The second kappa shape index (κ2) is 4.97. The van der Waals surface area contributed by atoms with Crippen LogP contribution in [0.1, 0.15) is 0 Å². The summed E-state index contributed by atoms with van der Waals surface area (Å²) in [5.41, 5.74) is 1.20. The molecule has 13 heavy (non-hydrogen) atoms. The van der Waals surface area contributed by atoms with Crippen molar-refractivity contribution in [1.82, 2.24) is 9.55 Å². The quantitative estimate of drug-likeness (QED) is 0.616. The molecule has 0 fully saturated rings. The van der Waals surface area contributed by atoms with Crippen LogP contribution in [0.25, 0.3) is 0 Å². The average molecular weight is 331 g/mol. The van der Waals surface area contributed by atoms with Gasteiger partial charge in [0.2, 0.25) is 0 Å². The monoisotopic (exact) mass is 330 g/mol. The largest absolute Gasteiger partial charge is 0.294 e. The van der Waals surface area contributed by atoms with Gasteiger partial charge in [-0.3, -0.25) is 9.36 Å². The standard InChI is InChI=1S/C7H5Cl2IN2O/c8-2-1-3-12-4-11-6(9)5(10)7(12)13/h1-2,4H,3H2/b2-1+. The fourth-order valence-electron chi connectivity index (χ4n) is 0.727. The lowest BCUT2D eigenvalue weighted by atomic mass is 10.5. The molecule has 0 aliphatic carbocycles. The number of allylic oxidation sites excluding steroid dienone is 1. The van der Waals surface area contributed by atoms with Gasteiger partial charge in [-0.15, -0.1) is 0 Å². The molecule has 0 atom stereocenters. The summed E-state index contributed by atoms with van der Waals surface area (Å²) >= 11 is 12.8. The van der Waals surface area contributed by atoms with E-state index in [0.29, 0.717) is 10.1 Å². The van der Waals surface area contributed by atoms with Gasteiger partial charge in [0, 0.05) is 12.1 Å². The lowest BCUT2D eigenvalue weighted by molar-refractivity contribution is 0.747. The third-order valence-electron chi connectivity index (χ3n) is 1.33. The molecule has 0 unspecified atom stereocenters. The summed E-state index contributed by atoms with van der Waals surface area (Å²) in [4.78, 5) is 15.3. The molecule has 0 N–H and O–H groups in total. The van der Waals surface area contributed by atoms with Crippen LogP contribution in [0.5, 0.6) is 0 Å². The molecule has 0 aliphatic heterocycles. The normalized spacial score (nSPS) is 11.0. The summed E-state index contributed by atoms with van der Waals surface area (Å²) in [5.74, 6) is 0. The maximum absolute atomic E-state index is 11.4. The Balaban J connectivity index is 3.11. The van der Waals surface area contributed by atoms with Crippen molar-refractivity contribution in [3.05, 3.63) is 37.0 Å². The second-order valence-electron chi connectivity index (χ2n) is 2.17. The Kier molecular flexibility index (Phi) is 4.21. The topological polar surface area (TPSA) is 34.9 Å². The van der Waals surface area contributed by atoms with E-state index in [1.54, 1.807) is 6.08 Å². The molecular formula is C7H5Cl2IN2O. The molecule has 0 aliphatic rings. The molecule has 3 nitrogen and oxygen atoms in total. The zero-order chi connectivity index (χ0) is 9.84. The van der Waals surface area contributed by atoms with E-state index in [4.69, 9.17) is 23.2 Å². The molecule has 0 saturated carbocycles. The minimum atomic E-state index is -0.157. The number of nitrogens with zero attached hydrogens (tertiary/aromatic N) is 2. The summed E-state index contributed by atoms with van der Waals surface area (Å²) in [6.45, 7) is 0.405. The lowest BCUT2D eigenvalue weighted by Crippen LogP contribution is -2.22. The van der Waals surface area contributed by atoms with E-state index in [0.717, 1.165) is 0 Å². The zero-order valence-electron chi connectivity index (χ0n) is 6.38. The highest BCUT2D eigenvalue weighted by Crippen LogP contribution is 2.09. The average Bonchev–Trinajstić information content (AvgIpc) is 2.13. The van der Waals surface area contributed by atoms with Crippen molar-refractivity contribution in [3.8, 4) is 0 Å². The van der Waals surface area contributed by atoms with Gasteiger partial charge in [-0.1, -0.05) is 29.3 Å². The zero-order valence-corrected chi connectivity index (χ0v) is 10.0. The Morgan fingerprint density at radius 2 is 2.38 bits per heavy atom. The van der Waals surface area contributed by atoms with Gasteiger partial charge in [0.1, 0.15) is 8.72 Å². The summed E-state index contributed by atoms with van der Waals surface area (Å²) in [5, 5.41) is 0.233. The Labute approximate surface area is 98.5 Å². The summed E-state index contributed by atoms with van der Waals surface area (Å²) in [6, 6.07) is 0. The van der Waals surface area contributed by atoms with E-state index in [1.807, 2.05) is 22.6 Å². The summed E-state index contributed by atoms with van der Waals surface area (Å²) in [7, 11) is 0. The lowest BCUT2D eigenvalue weighted by Gasteiger charge is -2.01. The van der Waals surface area contributed by atoms with Gasteiger partial charge < -0.3 is 0 Å². The molecule has 0 spiro atoms. The molecule has 1 aromatic rings. The van der Waals surface area contributed by atoms with Gasteiger partial charge in [-0.25, -0.2) is 4.98 Å². The van der Waals surface area contributed by atoms with Crippen LogP contribution < -0.4 is 5.56 Å². The molecule has 0 bridgehead atoms. The van der Waals surface area contributed by atoms with Crippen LogP contribution >= 0.6 is 45.8 Å². The molecule has 6 heteroatoms. The highest BCUT2D eigenvalue weighted by Gasteiger charge is 2.04. The first-order chi connectivity index (χ1) is 6.16. The first-order valence-electron chi connectivity index (χ1n) is 3.32. The fraction of sp³-hybridized carbons (Fsp3) is 0.143. The van der Waals surface area contributed by atoms with Crippen molar-refractivity contribution >= 4 is 45.8 Å². The van der Waals surface area contributed by atoms with Gasteiger partial charge in [0.15, 0.2) is 0 Å². The van der Waals surface area contributed by atoms with Crippen LogP contribution in [-0.4, -0.2) is 9.55 Å². The number of hydrogen-bond donors (Lipinski definition) is 0. The van der Waals surface area contributed by atoms with Crippen LogP contribution in [0.4, 0.5) is 0 Å². The van der Waals surface area contributed by atoms with Crippen molar-refractivity contribution in [3.63, 3.8) is 0 Å². The van der Waals surface area contributed by atoms with E-state index in [-0.39, 0.29) is 10.7 Å². The van der Waals surface area contributed by atoms with Gasteiger partial charge >= 0.3 is 0 Å². The molecule has 0 saturated heterocycles. The minimum Gasteiger partial charge on any atom is -0.294 e. The molecule has 0 aromatic carbocycles. The number of rotatable bonds is 2. The number of hydrogen-bond acceptors (Lipinski definition) is 2. The van der Waals surface area contributed by atoms with Crippen molar-refractivity contribution in [2.24, 2.45) is 0 Å². The van der Waals surface area contributed by atoms with Crippen LogP contribution in [-0.2, 0) is 6.54 Å². The Bertz CT molecular complexity index is 389. The highest BCUT2D eigenvalue weighted by molar-refractivity contribution is 14.1. The maximum Gasteiger partial charge on any atom is 0.268 e. The van der Waals surface area contributed by atoms with E-state index in [9.17, 15) is 4.79 Å². The van der Waals surface area contributed by atoms with Crippen molar-refractivity contribution in [2.75, 3.05) is 0 Å². The van der Waals surface area contributed by atoms with Crippen molar-refractivity contribution in [1.29, 1.82) is 0 Å².